The van der Waals surface area contributed by atoms with Crippen LogP contribution in [0.4, 0.5) is 13.2 Å². The minimum absolute atomic E-state index is 0.298. The molecule has 6 nitrogen and oxygen atoms in total. The van der Waals surface area contributed by atoms with Crippen molar-refractivity contribution in [3.63, 3.8) is 0 Å². The lowest BCUT2D eigenvalue weighted by atomic mass is 9.79. The molecule has 1 aromatic carbocycles. The smallest absolute Gasteiger partial charge is 0.183 e. The van der Waals surface area contributed by atoms with Crippen LogP contribution in [-0.4, -0.2) is 29.8 Å². The van der Waals surface area contributed by atoms with Gasteiger partial charge < -0.3 is 5.11 Å². The van der Waals surface area contributed by atoms with Crippen molar-refractivity contribution in [3.8, 4) is 0 Å². The van der Waals surface area contributed by atoms with Crippen LogP contribution in [0.3, 0.4) is 0 Å². The lowest BCUT2D eigenvalue weighted by Gasteiger charge is -2.41. The van der Waals surface area contributed by atoms with E-state index in [1.807, 2.05) is 0 Å². The van der Waals surface area contributed by atoms with Crippen molar-refractivity contribution in [3.05, 3.63) is 71.0 Å². The van der Waals surface area contributed by atoms with E-state index in [1.54, 1.807) is 0 Å². The molecule has 142 valence electrons. The summed E-state index contributed by atoms with van der Waals surface area (Å²) in [6, 6.07) is 2.67. The monoisotopic (exact) mass is 461 g/mol. The highest BCUT2D eigenvalue weighted by atomic mass is 79.9. The molecule has 0 saturated carbocycles. The zero-order chi connectivity index (χ0) is 19.8. The quantitative estimate of drug-likeness (QED) is 0.465. The molecule has 0 fully saturated rings. The van der Waals surface area contributed by atoms with Gasteiger partial charge in [-0.05, 0) is 13.0 Å². The van der Waals surface area contributed by atoms with Crippen molar-refractivity contribution >= 4 is 27.5 Å². The Kier molecular flexibility index (Phi) is 5.24. The van der Waals surface area contributed by atoms with E-state index in [2.05, 4.69) is 36.0 Å². The number of alkyl halides is 1. The van der Waals surface area contributed by atoms with Crippen molar-refractivity contribution in [2.45, 2.75) is 23.4 Å². The van der Waals surface area contributed by atoms with E-state index < -0.39 is 32.5 Å². The zero-order valence-electron chi connectivity index (χ0n) is 13.7. The molecule has 1 N–H and O–H groups in total. The summed E-state index contributed by atoms with van der Waals surface area (Å²) < 4.78 is 42.1. The van der Waals surface area contributed by atoms with Crippen molar-refractivity contribution < 1.29 is 18.3 Å². The Bertz CT molecular complexity index is 973. The summed E-state index contributed by atoms with van der Waals surface area (Å²) in [5, 5.41) is 15.0. The summed E-state index contributed by atoms with van der Waals surface area (Å²) in [5.41, 5.74) is -2.78. The first kappa shape index (κ1) is 19.7. The van der Waals surface area contributed by atoms with E-state index in [4.69, 9.17) is 11.6 Å². The molecule has 0 saturated heterocycles. The third-order valence-electron chi connectivity index (χ3n) is 4.20. The zero-order valence-corrected chi connectivity index (χ0v) is 16.1. The standard InChI is InChI=1S/C16H12BrClF3N5O/c1-15(17,13-12(21)14(18)24-7-23-13)16(27,5-26-8-22-6-25-26)10-3-2-9(19)4-11(10)20/h2-4,6-8,27H,5H2,1H3. The van der Waals surface area contributed by atoms with Gasteiger partial charge in [0.05, 0.1) is 6.54 Å². The molecule has 0 spiro atoms. The van der Waals surface area contributed by atoms with Gasteiger partial charge >= 0.3 is 0 Å². The number of hydrogen-bond acceptors (Lipinski definition) is 5. The van der Waals surface area contributed by atoms with Crippen LogP contribution in [-0.2, 0) is 16.5 Å². The lowest BCUT2D eigenvalue weighted by Crippen LogP contribution is -2.48. The molecule has 2 heterocycles. The Morgan fingerprint density at radius 3 is 2.59 bits per heavy atom. The maximum atomic E-state index is 14.6. The molecule has 2 atom stereocenters. The number of rotatable bonds is 5. The summed E-state index contributed by atoms with van der Waals surface area (Å²) in [6.07, 6.45) is 3.52. The van der Waals surface area contributed by atoms with Crippen LogP contribution in [0.2, 0.25) is 5.15 Å². The third-order valence-corrected chi connectivity index (χ3v) is 5.50. The van der Waals surface area contributed by atoms with E-state index in [0.717, 1.165) is 18.5 Å². The molecule has 0 amide bonds. The van der Waals surface area contributed by atoms with Gasteiger partial charge in [-0.25, -0.2) is 32.8 Å². The first-order chi connectivity index (χ1) is 12.7. The van der Waals surface area contributed by atoms with E-state index in [9.17, 15) is 18.3 Å². The maximum absolute atomic E-state index is 14.6. The molecule has 2 aromatic heterocycles. The summed E-state index contributed by atoms with van der Waals surface area (Å²) in [5.74, 6) is -2.84. The van der Waals surface area contributed by atoms with Gasteiger partial charge in [-0.1, -0.05) is 33.6 Å². The first-order valence-electron chi connectivity index (χ1n) is 7.52. The number of aromatic nitrogens is 5. The van der Waals surface area contributed by atoms with Gasteiger partial charge in [-0.2, -0.15) is 5.10 Å². The van der Waals surface area contributed by atoms with Crippen LogP contribution in [0.1, 0.15) is 18.2 Å². The second-order valence-corrected chi connectivity index (χ2v) is 7.85. The van der Waals surface area contributed by atoms with E-state index >= 15 is 0 Å². The number of nitrogens with zero attached hydrogens (tertiary/aromatic N) is 5. The molecule has 0 aliphatic carbocycles. The molecule has 0 aliphatic rings. The van der Waals surface area contributed by atoms with Gasteiger partial charge in [0.25, 0.3) is 0 Å². The highest BCUT2D eigenvalue weighted by Gasteiger charge is 2.52. The molecule has 27 heavy (non-hydrogen) atoms. The van der Waals surface area contributed by atoms with E-state index in [1.165, 1.54) is 24.3 Å². The first-order valence-corrected chi connectivity index (χ1v) is 8.69. The van der Waals surface area contributed by atoms with Crippen molar-refractivity contribution in [1.29, 1.82) is 0 Å². The van der Waals surface area contributed by atoms with Crippen molar-refractivity contribution in [2.24, 2.45) is 0 Å². The predicted molar refractivity (Wildman–Crippen MR) is 93.6 cm³/mol. The summed E-state index contributed by atoms with van der Waals surface area (Å²) in [6.45, 7) is 1.03. The van der Waals surface area contributed by atoms with E-state index in [-0.39, 0.29) is 17.8 Å². The average molecular weight is 463 g/mol. The Hall–Kier alpha value is -2.04. The van der Waals surface area contributed by atoms with Crippen LogP contribution in [0.15, 0.2) is 37.2 Å². The Morgan fingerprint density at radius 2 is 1.96 bits per heavy atom. The normalized spacial score (nSPS) is 16.0. The minimum atomic E-state index is -2.17. The molecule has 11 heteroatoms. The van der Waals surface area contributed by atoms with Gasteiger partial charge in [0.1, 0.15) is 46.2 Å². The third kappa shape index (κ3) is 3.44. The second kappa shape index (κ2) is 7.17. The molecule has 0 aliphatic heterocycles. The van der Waals surface area contributed by atoms with Gasteiger partial charge in [-0.15, -0.1) is 0 Å². The predicted octanol–water partition coefficient (Wildman–Crippen LogP) is 3.34. The number of aliphatic hydroxyl groups is 1. The summed E-state index contributed by atoms with van der Waals surface area (Å²) >= 11 is 9.00. The van der Waals surface area contributed by atoms with Gasteiger partial charge in [-0.3, -0.25) is 0 Å². The van der Waals surface area contributed by atoms with Crippen LogP contribution in [0, 0.1) is 17.5 Å². The molecule has 0 radical (unpaired) electrons. The minimum Gasteiger partial charge on any atom is -0.381 e. The van der Waals surface area contributed by atoms with Crippen molar-refractivity contribution in [1.82, 2.24) is 24.7 Å². The van der Waals surface area contributed by atoms with Crippen LogP contribution in [0.25, 0.3) is 0 Å². The second-order valence-electron chi connectivity index (χ2n) is 5.91. The lowest BCUT2D eigenvalue weighted by molar-refractivity contribution is -0.0242. The fourth-order valence-corrected chi connectivity index (χ4v) is 3.48. The van der Waals surface area contributed by atoms with Gasteiger partial charge in [0.2, 0.25) is 0 Å². The fourth-order valence-electron chi connectivity index (χ4n) is 2.73. The fraction of sp³-hybridized carbons (Fsp3) is 0.250. The molecular weight excluding hydrogens is 451 g/mol. The Balaban J connectivity index is 2.24. The summed E-state index contributed by atoms with van der Waals surface area (Å²) in [7, 11) is 0. The SMILES string of the molecule is CC(Br)(c1ncnc(Cl)c1F)C(O)(Cn1cncn1)c1ccc(F)cc1F. The topological polar surface area (TPSA) is 76.7 Å². The Morgan fingerprint density at radius 1 is 1.22 bits per heavy atom. The summed E-state index contributed by atoms with van der Waals surface area (Å²) in [4.78, 5) is 11.2. The highest BCUT2D eigenvalue weighted by molar-refractivity contribution is 9.09. The van der Waals surface area contributed by atoms with Crippen LogP contribution < -0.4 is 0 Å². The maximum Gasteiger partial charge on any atom is 0.183 e. The molecule has 3 rings (SSSR count). The van der Waals surface area contributed by atoms with Crippen LogP contribution >= 0.6 is 27.5 Å². The number of halogens is 5. The average Bonchev–Trinajstić information content (AvgIpc) is 3.09. The van der Waals surface area contributed by atoms with Gasteiger partial charge in [0.15, 0.2) is 11.0 Å². The molecule has 3 aromatic rings. The Labute approximate surface area is 165 Å². The molecule has 0 bridgehead atoms. The van der Waals surface area contributed by atoms with Crippen LogP contribution in [0.5, 0.6) is 0 Å². The largest absolute Gasteiger partial charge is 0.381 e. The number of hydrogen-bond donors (Lipinski definition) is 1. The van der Waals surface area contributed by atoms with Crippen molar-refractivity contribution in [2.75, 3.05) is 0 Å². The molecule has 2 unspecified atom stereocenters. The molecular formula is C16H12BrClF3N5O. The number of benzene rings is 1. The highest BCUT2D eigenvalue weighted by Crippen LogP contribution is 2.49. The van der Waals surface area contributed by atoms with Gasteiger partial charge in [0, 0.05) is 11.6 Å². The van der Waals surface area contributed by atoms with E-state index in [0.29, 0.717) is 6.07 Å².